The van der Waals surface area contributed by atoms with Crippen molar-refractivity contribution >= 4 is 11.7 Å². The van der Waals surface area contributed by atoms with Crippen LogP contribution in [0.3, 0.4) is 0 Å². The molecule has 4 heteroatoms. The van der Waals surface area contributed by atoms with Gasteiger partial charge in [-0.3, -0.25) is 9.59 Å². The first-order valence-corrected chi connectivity index (χ1v) is 5.36. The van der Waals surface area contributed by atoms with Crippen LogP contribution in [0, 0.1) is 0 Å². The first-order valence-electron chi connectivity index (χ1n) is 5.36. The van der Waals surface area contributed by atoms with Gasteiger partial charge in [-0.15, -0.1) is 0 Å². The maximum atomic E-state index is 11.6. The van der Waals surface area contributed by atoms with E-state index in [0.29, 0.717) is 13.0 Å². The molecule has 0 unspecified atom stereocenters. The van der Waals surface area contributed by atoms with Crippen LogP contribution >= 0.6 is 0 Å². The number of ketones is 1. The van der Waals surface area contributed by atoms with Crippen molar-refractivity contribution in [2.24, 2.45) is 0 Å². The fourth-order valence-electron chi connectivity index (χ4n) is 1.61. The molecule has 1 aliphatic heterocycles. The number of hydrogen-bond donors (Lipinski definition) is 1. The molecule has 1 amide bonds. The molecular formula is C11H17NO3. The van der Waals surface area contributed by atoms with Crippen molar-refractivity contribution in [2.75, 3.05) is 13.1 Å². The molecule has 1 fully saturated rings. The molecule has 0 bridgehead atoms. The van der Waals surface area contributed by atoms with Gasteiger partial charge in [-0.1, -0.05) is 13.3 Å². The van der Waals surface area contributed by atoms with Crippen molar-refractivity contribution in [1.82, 2.24) is 4.90 Å². The van der Waals surface area contributed by atoms with Crippen molar-refractivity contribution in [3.05, 3.63) is 11.3 Å². The molecule has 0 aromatic carbocycles. The number of hydrogen-bond acceptors (Lipinski definition) is 3. The largest absolute Gasteiger partial charge is 0.511 e. The van der Waals surface area contributed by atoms with Crippen LogP contribution in [0.4, 0.5) is 0 Å². The standard InChI is InChI=1S/C11H17NO3/c1-3-5-6-8(13)10-9(14)7-12(4-2)11(10)15/h13H,3-7H2,1-2H3/b10-8-. The summed E-state index contributed by atoms with van der Waals surface area (Å²) in [5, 5.41) is 9.65. The van der Waals surface area contributed by atoms with E-state index in [0.717, 1.165) is 12.8 Å². The Morgan fingerprint density at radius 1 is 1.40 bits per heavy atom. The van der Waals surface area contributed by atoms with Gasteiger partial charge >= 0.3 is 0 Å². The average molecular weight is 211 g/mol. The maximum absolute atomic E-state index is 11.6. The lowest BCUT2D eigenvalue weighted by Gasteiger charge is -2.09. The maximum Gasteiger partial charge on any atom is 0.261 e. The third-order valence-electron chi connectivity index (χ3n) is 2.55. The second-order valence-corrected chi connectivity index (χ2v) is 3.67. The van der Waals surface area contributed by atoms with E-state index in [1.807, 2.05) is 13.8 Å². The van der Waals surface area contributed by atoms with E-state index < -0.39 is 0 Å². The van der Waals surface area contributed by atoms with Crippen LogP contribution in [0.25, 0.3) is 0 Å². The number of amides is 1. The lowest BCUT2D eigenvalue weighted by Crippen LogP contribution is -2.25. The summed E-state index contributed by atoms with van der Waals surface area (Å²) in [7, 11) is 0. The minimum atomic E-state index is -0.323. The molecule has 15 heavy (non-hydrogen) atoms. The van der Waals surface area contributed by atoms with Gasteiger partial charge in [0.1, 0.15) is 11.3 Å². The Balaban J connectivity index is 2.84. The van der Waals surface area contributed by atoms with Gasteiger partial charge in [-0.2, -0.15) is 0 Å². The van der Waals surface area contributed by atoms with E-state index in [-0.39, 0.29) is 29.6 Å². The van der Waals surface area contributed by atoms with Gasteiger partial charge in [0.05, 0.1) is 6.54 Å². The zero-order valence-corrected chi connectivity index (χ0v) is 9.25. The number of allylic oxidation sites excluding steroid dienone is 1. The van der Waals surface area contributed by atoms with E-state index in [2.05, 4.69) is 0 Å². The van der Waals surface area contributed by atoms with E-state index in [4.69, 9.17) is 0 Å². The number of carbonyl (C=O) groups is 2. The summed E-state index contributed by atoms with van der Waals surface area (Å²) >= 11 is 0. The summed E-state index contributed by atoms with van der Waals surface area (Å²) < 4.78 is 0. The Morgan fingerprint density at radius 3 is 2.53 bits per heavy atom. The van der Waals surface area contributed by atoms with Crippen LogP contribution in [-0.4, -0.2) is 34.8 Å². The summed E-state index contributed by atoms with van der Waals surface area (Å²) in [6.45, 7) is 4.43. The monoisotopic (exact) mass is 211 g/mol. The molecule has 0 aromatic rings. The van der Waals surface area contributed by atoms with Crippen LogP contribution in [0.5, 0.6) is 0 Å². The molecule has 1 rings (SSSR count). The Morgan fingerprint density at radius 2 is 2.07 bits per heavy atom. The van der Waals surface area contributed by atoms with Gasteiger partial charge < -0.3 is 10.0 Å². The number of Topliss-reactive ketones (excluding diaryl/α,β-unsaturated/α-hetero) is 1. The minimum absolute atomic E-state index is 0.00491. The summed E-state index contributed by atoms with van der Waals surface area (Å²) in [5.74, 6) is -0.616. The highest BCUT2D eigenvalue weighted by Crippen LogP contribution is 2.19. The molecule has 1 saturated heterocycles. The van der Waals surface area contributed by atoms with Gasteiger partial charge in [0.2, 0.25) is 0 Å². The lowest BCUT2D eigenvalue weighted by atomic mass is 10.1. The molecule has 4 nitrogen and oxygen atoms in total. The smallest absolute Gasteiger partial charge is 0.261 e. The molecule has 0 spiro atoms. The van der Waals surface area contributed by atoms with Crippen molar-refractivity contribution < 1.29 is 14.7 Å². The SMILES string of the molecule is CCCC/C(O)=C1\C(=O)CN(CC)C1=O. The predicted octanol–water partition coefficient (Wildman–Crippen LogP) is 1.42. The van der Waals surface area contributed by atoms with E-state index in [1.165, 1.54) is 4.90 Å². The third kappa shape index (κ3) is 2.37. The normalized spacial score (nSPS) is 20.0. The zero-order chi connectivity index (χ0) is 11.4. The van der Waals surface area contributed by atoms with Crippen LogP contribution in [0.1, 0.15) is 33.1 Å². The van der Waals surface area contributed by atoms with Gasteiger partial charge in [0.25, 0.3) is 5.91 Å². The van der Waals surface area contributed by atoms with Crippen molar-refractivity contribution in [3.8, 4) is 0 Å². The number of aliphatic hydroxyl groups is 1. The van der Waals surface area contributed by atoms with E-state index >= 15 is 0 Å². The Kier molecular flexibility index (Phi) is 3.88. The molecule has 0 saturated carbocycles. The molecule has 84 valence electrons. The summed E-state index contributed by atoms with van der Waals surface area (Å²) in [4.78, 5) is 24.6. The van der Waals surface area contributed by atoms with Gasteiger partial charge in [0, 0.05) is 13.0 Å². The quantitative estimate of drug-likeness (QED) is 0.434. The molecule has 1 aliphatic rings. The first-order chi connectivity index (χ1) is 7.11. The highest BCUT2D eigenvalue weighted by atomic mass is 16.3. The van der Waals surface area contributed by atoms with Crippen LogP contribution in [-0.2, 0) is 9.59 Å². The number of unbranched alkanes of at least 4 members (excludes halogenated alkanes) is 1. The van der Waals surface area contributed by atoms with E-state index in [9.17, 15) is 14.7 Å². The topological polar surface area (TPSA) is 57.6 Å². The zero-order valence-electron chi connectivity index (χ0n) is 9.25. The molecule has 1 N–H and O–H groups in total. The number of likely N-dealkylation sites (N-methyl/N-ethyl adjacent to an activating group) is 1. The van der Waals surface area contributed by atoms with Crippen molar-refractivity contribution in [2.45, 2.75) is 33.1 Å². The Hall–Kier alpha value is -1.32. The fraction of sp³-hybridized carbons (Fsp3) is 0.636. The molecule has 0 atom stereocenters. The van der Waals surface area contributed by atoms with Crippen molar-refractivity contribution in [1.29, 1.82) is 0 Å². The molecule has 0 aliphatic carbocycles. The Bertz CT molecular complexity index is 307. The van der Waals surface area contributed by atoms with Crippen molar-refractivity contribution in [3.63, 3.8) is 0 Å². The molecular weight excluding hydrogens is 194 g/mol. The number of rotatable bonds is 4. The third-order valence-corrected chi connectivity index (χ3v) is 2.55. The average Bonchev–Trinajstić information content (AvgIpc) is 2.50. The van der Waals surface area contributed by atoms with Crippen LogP contribution < -0.4 is 0 Å². The molecule has 0 aromatic heterocycles. The predicted molar refractivity (Wildman–Crippen MR) is 56.4 cm³/mol. The number of carbonyl (C=O) groups excluding carboxylic acids is 2. The van der Waals surface area contributed by atoms with Gasteiger partial charge in [0.15, 0.2) is 5.78 Å². The molecule has 1 heterocycles. The fourth-order valence-corrected chi connectivity index (χ4v) is 1.61. The molecule has 0 radical (unpaired) electrons. The second kappa shape index (κ2) is 4.96. The highest BCUT2D eigenvalue weighted by molar-refractivity contribution is 6.25. The van der Waals surface area contributed by atoms with Gasteiger partial charge in [-0.25, -0.2) is 0 Å². The van der Waals surface area contributed by atoms with E-state index in [1.54, 1.807) is 0 Å². The minimum Gasteiger partial charge on any atom is -0.511 e. The summed E-state index contributed by atoms with van der Waals surface area (Å²) in [5.41, 5.74) is 0.00491. The summed E-state index contributed by atoms with van der Waals surface area (Å²) in [6, 6.07) is 0. The van der Waals surface area contributed by atoms with Crippen LogP contribution in [0.2, 0.25) is 0 Å². The van der Waals surface area contributed by atoms with Gasteiger partial charge in [-0.05, 0) is 13.3 Å². The Labute approximate surface area is 89.6 Å². The number of nitrogens with zero attached hydrogens (tertiary/aromatic N) is 1. The number of likely N-dealkylation sites (tertiary alicyclic amines) is 1. The highest BCUT2D eigenvalue weighted by Gasteiger charge is 2.35. The lowest BCUT2D eigenvalue weighted by molar-refractivity contribution is -0.124. The second-order valence-electron chi connectivity index (χ2n) is 3.67. The summed E-state index contributed by atoms with van der Waals surface area (Å²) in [6.07, 6.45) is 2.14. The first kappa shape index (κ1) is 11.8. The number of aliphatic hydroxyl groups excluding tert-OH is 1. The van der Waals surface area contributed by atoms with Crippen LogP contribution in [0.15, 0.2) is 11.3 Å².